The van der Waals surface area contributed by atoms with Gasteiger partial charge in [-0.2, -0.15) is 0 Å². The van der Waals surface area contributed by atoms with Crippen molar-refractivity contribution in [3.8, 4) is 5.75 Å². The van der Waals surface area contributed by atoms with Gasteiger partial charge in [-0.25, -0.2) is 0 Å². The van der Waals surface area contributed by atoms with E-state index in [-0.39, 0.29) is 0 Å². The van der Waals surface area contributed by atoms with Gasteiger partial charge < -0.3 is 14.6 Å². The van der Waals surface area contributed by atoms with Crippen LogP contribution in [0.2, 0.25) is 0 Å². The van der Waals surface area contributed by atoms with Gasteiger partial charge in [0.1, 0.15) is 12.4 Å². The van der Waals surface area contributed by atoms with E-state index in [1.807, 2.05) is 25.1 Å². The summed E-state index contributed by atoms with van der Waals surface area (Å²) in [4.78, 5) is 0. The number of hydrogen-bond acceptors (Lipinski definition) is 3. The Morgan fingerprint density at radius 3 is 2.67 bits per heavy atom. The molecule has 0 spiro atoms. The predicted molar refractivity (Wildman–Crippen MR) is 59.2 cm³/mol. The maximum Gasteiger partial charge on any atom is 0.125 e. The Labute approximate surface area is 90.6 Å². The molecule has 0 saturated carbocycles. The molecule has 0 aliphatic carbocycles. The summed E-state index contributed by atoms with van der Waals surface area (Å²) in [5.74, 6) is 0.738. The fourth-order valence-electron chi connectivity index (χ4n) is 1.35. The highest BCUT2D eigenvalue weighted by atomic mass is 16.5. The molecule has 1 atom stereocenters. The van der Waals surface area contributed by atoms with Crippen molar-refractivity contribution < 1.29 is 14.6 Å². The average molecular weight is 210 g/mol. The number of aryl methyl sites for hydroxylation is 1. The minimum absolute atomic E-state index is 0.500. The van der Waals surface area contributed by atoms with Crippen LogP contribution in [0.4, 0.5) is 0 Å². The van der Waals surface area contributed by atoms with E-state index in [1.165, 1.54) is 0 Å². The highest BCUT2D eigenvalue weighted by molar-refractivity contribution is 5.38. The van der Waals surface area contributed by atoms with Gasteiger partial charge in [0.15, 0.2) is 0 Å². The van der Waals surface area contributed by atoms with Gasteiger partial charge in [-0.05, 0) is 25.5 Å². The monoisotopic (exact) mass is 210 g/mol. The van der Waals surface area contributed by atoms with Crippen molar-refractivity contribution in [2.24, 2.45) is 0 Å². The number of hydrogen-bond donors (Lipinski definition) is 1. The molecule has 1 rings (SSSR count). The van der Waals surface area contributed by atoms with E-state index >= 15 is 0 Å². The fraction of sp³-hybridized carbons (Fsp3) is 0.500. The summed E-state index contributed by atoms with van der Waals surface area (Å²) in [6, 6.07) is 5.78. The predicted octanol–water partition coefficient (Wildman–Crippen LogP) is 2.07. The van der Waals surface area contributed by atoms with Crippen molar-refractivity contribution in [1.82, 2.24) is 0 Å². The Bertz CT molecular complexity index is 308. The van der Waals surface area contributed by atoms with Crippen LogP contribution in [0.1, 0.15) is 24.2 Å². The van der Waals surface area contributed by atoms with Crippen LogP contribution in [-0.2, 0) is 4.74 Å². The van der Waals surface area contributed by atoms with Gasteiger partial charge in [0, 0.05) is 12.7 Å². The van der Waals surface area contributed by atoms with Gasteiger partial charge in [0.25, 0.3) is 0 Å². The quantitative estimate of drug-likeness (QED) is 0.756. The highest BCUT2D eigenvalue weighted by Gasteiger charge is 2.08. The van der Waals surface area contributed by atoms with Crippen LogP contribution in [0, 0.1) is 6.92 Å². The fourth-order valence-corrected chi connectivity index (χ4v) is 1.35. The second-order valence-electron chi connectivity index (χ2n) is 3.56. The average Bonchev–Trinajstić information content (AvgIpc) is 2.18. The summed E-state index contributed by atoms with van der Waals surface area (Å²) >= 11 is 0. The molecule has 0 saturated heterocycles. The molecule has 0 amide bonds. The van der Waals surface area contributed by atoms with E-state index in [2.05, 4.69) is 0 Å². The number of ether oxygens (including phenoxy) is 2. The molecule has 0 fully saturated rings. The Hall–Kier alpha value is -1.06. The zero-order valence-electron chi connectivity index (χ0n) is 9.49. The number of aliphatic hydroxyl groups excluding tert-OH is 1. The molecule has 0 bridgehead atoms. The summed E-state index contributed by atoms with van der Waals surface area (Å²) in [7, 11) is 1.63. The Kier molecular flexibility index (Phi) is 4.59. The van der Waals surface area contributed by atoms with E-state index in [0.29, 0.717) is 13.2 Å². The van der Waals surface area contributed by atoms with Crippen molar-refractivity contribution in [1.29, 1.82) is 0 Å². The van der Waals surface area contributed by atoms with Crippen LogP contribution in [0.5, 0.6) is 5.75 Å². The molecular formula is C12H18O3. The van der Waals surface area contributed by atoms with Crippen LogP contribution < -0.4 is 4.74 Å². The molecule has 1 aromatic rings. The lowest BCUT2D eigenvalue weighted by Crippen LogP contribution is -2.07. The molecule has 0 aromatic heterocycles. The molecule has 1 aromatic carbocycles. The highest BCUT2D eigenvalue weighted by Crippen LogP contribution is 2.26. The van der Waals surface area contributed by atoms with Crippen LogP contribution >= 0.6 is 0 Å². The number of methoxy groups -OCH3 is 1. The van der Waals surface area contributed by atoms with Gasteiger partial charge in [-0.15, -0.1) is 0 Å². The molecule has 0 radical (unpaired) electrons. The first kappa shape index (κ1) is 12.0. The third kappa shape index (κ3) is 3.53. The van der Waals surface area contributed by atoms with Crippen LogP contribution in [0.3, 0.4) is 0 Å². The van der Waals surface area contributed by atoms with Gasteiger partial charge in [0.2, 0.25) is 0 Å². The number of rotatable bonds is 5. The van der Waals surface area contributed by atoms with Crippen molar-refractivity contribution in [2.75, 3.05) is 20.3 Å². The minimum Gasteiger partial charge on any atom is -0.491 e. The molecule has 0 unspecified atom stereocenters. The second-order valence-corrected chi connectivity index (χ2v) is 3.56. The van der Waals surface area contributed by atoms with Crippen LogP contribution in [-0.4, -0.2) is 25.4 Å². The zero-order chi connectivity index (χ0) is 11.3. The van der Waals surface area contributed by atoms with Crippen LogP contribution in [0.25, 0.3) is 0 Å². The smallest absolute Gasteiger partial charge is 0.125 e. The lowest BCUT2D eigenvalue weighted by Gasteiger charge is -2.13. The SMILES string of the molecule is COCCOc1cc(C)ccc1[C@@H](C)O. The summed E-state index contributed by atoms with van der Waals surface area (Å²) in [5, 5.41) is 9.54. The summed E-state index contributed by atoms with van der Waals surface area (Å²) in [6.07, 6.45) is -0.511. The molecule has 3 heteroatoms. The Morgan fingerprint density at radius 2 is 2.07 bits per heavy atom. The van der Waals surface area contributed by atoms with E-state index < -0.39 is 6.10 Å². The van der Waals surface area contributed by atoms with Gasteiger partial charge in [-0.1, -0.05) is 12.1 Å². The number of benzene rings is 1. The van der Waals surface area contributed by atoms with E-state index in [0.717, 1.165) is 16.9 Å². The van der Waals surface area contributed by atoms with Crippen molar-refractivity contribution in [2.45, 2.75) is 20.0 Å². The molecular weight excluding hydrogens is 192 g/mol. The lowest BCUT2D eigenvalue weighted by atomic mass is 10.1. The molecule has 0 aliphatic rings. The molecule has 15 heavy (non-hydrogen) atoms. The third-order valence-electron chi connectivity index (χ3n) is 2.16. The standard InChI is InChI=1S/C12H18O3/c1-9-4-5-11(10(2)13)12(8-9)15-7-6-14-3/h4-5,8,10,13H,6-7H2,1-3H3/t10-/m1/s1. The molecule has 3 nitrogen and oxygen atoms in total. The topological polar surface area (TPSA) is 38.7 Å². The Morgan fingerprint density at radius 1 is 1.33 bits per heavy atom. The zero-order valence-corrected chi connectivity index (χ0v) is 9.49. The lowest BCUT2D eigenvalue weighted by molar-refractivity contribution is 0.141. The molecule has 1 N–H and O–H groups in total. The van der Waals surface area contributed by atoms with E-state index in [9.17, 15) is 5.11 Å². The first-order valence-electron chi connectivity index (χ1n) is 5.05. The third-order valence-corrected chi connectivity index (χ3v) is 2.16. The number of aliphatic hydroxyl groups is 1. The van der Waals surface area contributed by atoms with Crippen molar-refractivity contribution >= 4 is 0 Å². The summed E-state index contributed by atoms with van der Waals surface area (Å²) in [5.41, 5.74) is 1.93. The first-order chi connectivity index (χ1) is 7.15. The minimum atomic E-state index is -0.511. The van der Waals surface area contributed by atoms with Crippen molar-refractivity contribution in [3.05, 3.63) is 29.3 Å². The van der Waals surface area contributed by atoms with Gasteiger partial charge in [-0.3, -0.25) is 0 Å². The summed E-state index contributed by atoms with van der Waals surface area (Å²) < 4.78 is 10.4. The van der Waals surface area contributed by atoms with Gasteiger partial charge >= 0.3 is 0 Å². The molecule has 0 aliphatic heterocycles. The Balaban J connectivity index is 2.77. The van der Waals surface area contributed by atoms with Crippen molar-refractivity contribution in [3.63, 3.8) is 0 Å². The summed E-state index contributed by atoms with van der Waals surface area (Å²) in [6.45, 7) is 4.77. The van der Waals surface area contributed by atoms with E-state index in [4.69, 9.17) is 9.47 Å². The molecule has 84 valence electrons. The second kappa shape index (κ2) is 5.73. The van der Waals surface area contributed by atoms with Gasteiger partial charge in [0.05, 0.1) is 12.7 Å². The van der Waals surface area contributed by atoms with E-state index in [1.54, 1.807) is 14.0 Å². The molecule has 0 heterocycles. The van der Waals surface area contributed by atoms with Crippen LogP contribution in [0.15, 0.2) is 18.2 Å². The first-order valence-corrected chi connectivity index (χ1v) is 5.05. The maximum atomic E-state index is 9.54. The normalized spacial score (nSPS) is 12.5. The maximum absolute atomic E-state index is 9.54. The largest absolute Gasteiger partial charge is 0.491 e.